The van der Waals surface area contributed by atoms with Crippen molar-refractivity contribution in [3.63, 3.8) is 0 Å². The summed E-state index contributed by atoms with van der Waals surface area (Å²) in [6, 6.07) is 1.25. The van der Waals surface area contributed by atoms with Gasteiger partial charge in [-0.2, -0.15) is 0 Å². The van der Waals surface area contributed by atoms with Crippen LogP contribution in [0, 0.1) is 17.0 Å². The monoisotopic (exact) mass is 289 g/mol. The summed E-state index contributed by atoms with van der Waals surface area (Å²) in [5.41, 5.74) is 0.495. The number of pyridine rings is 1. The van der Waals surface area contributed by atoms with Crippen LogP contribution in [0.5, 0.6) is 0 Å². The van der Waals surface area contributed by atoms with Crippen LogP contribution >= 0.6 is 0 Å². The molecule has 21 heavy (non-hydrogen) atoms. The van der Waals surface area contributed by atoms with Crippen molar-refractivity contribution in [3.05, 3.63) is 56.4 Å². The molecule has 0 aliphatic rings. The van der Waals surface area contributed by atoms with E-state index in [1.807, 2.05) is 6.92 Å². The van der Waals surface area contributed by atoms with Gasteiger partial charge in [-0.15, -0.1) is 0 Å². The summed E-state index contributed by atoms with van der Waals surface area (Å²) < 4.78 is 1.25. The van der Waals surface area contributed by atoms with Crippen molar-refractivity contribution < 1.29 is 4.92 Å². The van der Waals surface area contributed by atoms with Crippen LogP contribution in [0.2, 0.25) is 0 Å². The molecule has 8 heteroatoms. The van der Waals surface area contributed by atoms with Crippen LogP contribution in [-0.4, -0.2) is 26.0 Å². The fraction of sp³-hybridized carbons (Fsp3) is 0.308. The highest BCUT2D eigenvalue weighted by Gasteiger charge is 2.13. The Morgan fingerprint density at radius 1 is 1.38 bits per heavy atom. The van der Waals surface area contributed by atoms with Gasteiger partial charge < -0.3 is 9.88 Å². The Morgan fingerprint density at radius 2 is 2.14 bits per heavy atom. The molecule has 2 heterocycles. The first kappa shape index (κ1) is 14.6. The highest BCUT2D eigenvalue weighted by molar-refractivity contribution is 5.36. The summed E-state index contributed by atoms with van der Waals surface area (Å²) in [4.78, 5) is 30.6. The van der Waals surface area contributed by atoms with Crippen molar-refractivity contribution in [2.45, 2.75) is 20.4 Å². The topological polar surface area (TPSA) is 103 Å². The van der Waals surface area contributed by atoms with Crippen molar-refractivity contribution >= 4 is 11.5 Å². The van der Waals surface area contributed by atoms with Crippen LogP contribution in [0.25, 0.3) is 0 Å². The smallest absolute Gasteiger partial charge is 0.288 e. The average molecular weight is 289 g/mol. The van der Waals surface area contributed by atoms with Crippen LogP contribution < -0.4 is 10.9 Å². The molecule has 2 aromatic rings. The van der Waals surface area contributed by atoms with E-state index >= 15 is 0 Å². The molecule has 0 saturated carbocycles. The van der Waals surface area contributed by atoms with Gasteiger partial charge in [0, 0.05) is 18.2 Å². The van der Waals surface area contributed by atoms with E-state index in [1.165, 1.54) is 30.0 Å². The molecule has 2 aromatic heterocycles. The van der Waals surface area contributed by atoms with Crippen molar-refractivity contribution in [1.29, 1.82) is 0 Å². The minimum atomic E-state index is -0.509. The summed E-state index contributed by atoms with van der Waals surface area (Å²) in [6.07, 6.45) is 4.33. The first-order valence-electron chi connectivity index (χ1n) is 6.41. The van der Waals surface area contributed by atoms with E-state index in [-0.39, 0.29) is 17.8 Å². The fourth-order valence-corrected chi connectivity index (χ4v) is 1.85. The van der Waals surface area contributed by atoms with Crippen molar-refractivity contribution in [3.8, 4) is 0 Å². The molecule has 0 atom stereocenters. The van der Waals surface area contributed by atoms with Gasteiger partial charge in [0.2, 0.25) is 0 Å². The number of nitrogens with zero attached hydrogens (tertiary/aromatic N) is 4. The van der Waals surface area contributed by atoms with E-state index in [4.69, 9.17) is 0 Å². The van der Waals surface area contributed by atoms with E-state index in [0.717, 1.165) is 6.54 Å². The molecule has 1 N–H and O–H groups in total. The van der Waals surface area contributed by atoms with Gasteiger partial charge in [-0.3, -0.25) is 19.9 Å². The lowest BCUT2D eigenvalue weighted by molar-refractivity contribution is -0.385. The van der Waals surface area contributed by atoms with Gasteiger partial charge in [0.1, 0.15) is 5.82 Å². The summed E-state index contributed by atoms with van der Waals surface area (Å²) in [7, 11) is 0. The Kier molecular flexibility index (Phi) is 4.27. The van der Waals surface area contributed by atoms with Crippen LogP contribution in [0.3, 0.4) is 0 Å². The summed E-state index contributed by atoms with van der Waals surface area (Å²) >= 11 is 0. The molecule has 0 amide bonds. The zero-order valence-corrected chi connectivity index (χ0v) is 11.7. The lowest BCUT2D eigenvalue weighted by Gasteiger charge is -2.07. The van der Waals surface area contributed by atoms with E-state index in [1.54, 1.807) is 6.20 Å². The SMILES string of the molecule is CCNc1cnc(Cn2cc([N+](=O)[O-])c(C)cc2=O)cn1. The Morgan fingerprint density at radius 3 is 2.71 bits per heavy atom. The molecule has 0 spiro atoms. The Balaban J connectivity index is 2.28. The zero-order valence-electron chi connectivity index (χ0n) is 11.7. The summed E-state index contributed by atoms with van der Waals surface area (Å²) in [5.74, 6) is 0.642. The number of rotatable bonds is 5. The molecule has 0 unspecified atom stereocenters. The molecule has 8 nitrogen and oxygen atoms in total. The highest BCUT2D eigenvalue weighted by atomic mass is 16.6. The molecule has 0 aliphatic carbocycles. The second-order valence-corrected chi connectivity index (χ2v) is 4.49. The van der Waals surface area contributed by atoms with Crippen molar-refractivity contribution in [2.24, 2.45) is 0 Å². The number of aryl methyl sites for hydroxylation is 1. The van der Waals surface area contributed by atoms with E-state index in [2.05, 4.69) is 15.3 Å². The van der Waals surface area contributed by atoms with Crippen molar-refractivity contribution in [1.82, 2.24) is 14.5 Å². The van der Waals surface area contributed by atoms with Gasteiger partial charge in [0.05, 0.1) is 35.8 Å². The molecular formula is C13H15N5O3. The number of nitrogens with one attached hydrogen (secondary N) is 1. The lowest BCUT2D eigenvalue weighted by Crippen LogP contribution is -2.21. The number of anilines is 1. The third-order valence-corrected chi connectivity index (χ3v) is 2.90. The normalized spacial score (nSPS) is 10.4. The molecule has 0 bridgehead atoms. The third-order valence-electron chi connectivity index (χ3n) is 2.90. The first-order valence-corrected chi connectivity index (χ1v) is 6.41. The molecule has 0 fully saturated rings. The molecule has 0 saturated heterocycles. The van der Waals surface area contributed by atoms with Crippen LogP contribution in [-0.2, 0) is 6.54 Å². The van der Waals surface area contributed by atoms with Gasteiger partial charge in [-0.25, -0.2) is 4.98 Å². The predicted molar refractivity (Wildman–Crippen MR) is 77.4 cm³/mol. The first-order chi connectivity index (χ1) is 10.0. The second-order valence-electron chi connectivity index (χ2n) is 4.49. The number of hydrogen-bond acceptors (Lipinski definition) is 6. The molecule has 0 aromatic carbocycles. The standard InChI is InChI=1S/C13H15N5O3/c1-3-14-12-6-15-10(5-16-12)7-17-8-11(18(20)21)9(2)4-13(17)19/h4-6,8H,3,7H2,1-2H3,(H,14,16). The number of hydrogen-bond donors (Lipinski definition) is 1. The Hall–Kier alpha value is -2.77. The summed E-state index contributed by atoms with van der Waals surface area (Å²) in [6.45, 7) is 4.35. The zero-order chi connectivity index (χ0) is 15.4. The minimum absolute atomic E-state index is 0.0909. The third kappa shape index (κ3) is 3.41. The number of aromatic nitrogens is 3. The van der Waals surface area contributed by atoms with E-state index in [9.17, 15) is 14.9 Å². The maximum atomic E-state index is 11.9. The predicted octanol–water partition coefficient (Wildman–Crippen LogP) is 1.34. The van der Waals surface area contributed by atoms with Gasteiger partial charge in [0.15, 0.2) is 0 Å². The Bertz CT molecular complexity index is 709. The molecule has 110 valence electrons. The van der Waals surface area contributed by atoms with Crippen LogP contribution in [0.15, 0.2) is 29.5 Å². The molecule has 0 aliphatic heterocycles. The van der Waals surface area contributed by atoms with Gasteiger partial charge in [-0.05, 0) is 13.8 Å². The molecule has 2 rings (SSSR count). The quantitative estimate of drug-likeness (QED) is 0.658. The second kappa shape index (κ2) is 6.12. The van der Waals surface area contributed by atoms with Crippen molar-refractivity contribution in [2.75, 3.05) is 11.9 Å². The minimum Gasteiger partial charge on any atom is -0.369 e. The lowest BCUT2D eigenvalue weighted by atomic mass is 10.2. The Labute approximate surface area is 120 Å². The maximum Gasteiger partial charge on any atom is 0.288 e. The van der Waals surface area contributed by atoms with Gasteiger partial charge >= 0.3 is 0 Å². The highest BCUT2D eigenvalue weighted by Crippen LogP contribution is 2.14. The van der Waals surface area contributed by atoms with E-state index in [0.29, 0.717) is 17.1 Å². The molecular weight excluding hydrogens is 274 g/mol. The average Bonchev–Trinajstić information content (AvgIpc) is 2.43. The number of nitro groups is 1. The van der Waals surface area contributed by atoms with Gasteiger partial charge in [0.25, 0.3) is 11.2 Å². The van der Waals surface area contributed by atoms with Crippen LogP contribution in [0.4, 0.5) is 11.5 Å². The van der Waals surface area contributed by atoms with Gasteiger partial charge in [-0.1, -0.05) is 0 Å². The van der Waals surface area contributed by atoms with E-state index < -0.39 is 4.92 Å². The largest absolute Gasteiger partial charge is 0.369 e. The summed E-state index contributed by atoms with van der Waals surface area (Å²) in [5, 5.41) is 13.9. The molecule has 0 radical (unpaired) electrons. The van der Waals surface area contributed by atoms with Crippen LogP contribution in [0.1, 0.15) is 18.2 Å². The maximum absolute atomic E-state index is 11.9. The fourth-order valence-electron chi connectivity index (χ4n) is 1.85.